The van der Waals surface area contributed by atoms with Crippen LogP contribution in [0.4, 0.5) is 5.69 Å². The van der Waals surface area contributed by atoms with Crippen LogP contribution in [0, 0.1) is 0 Å². The van der Waals surface area contributed by atoms with Crippen molar-refractivity contribution in [2.24, 2.45) is 0 Å². The smallest absolute Gasteiger partial charge is 0.241 e. The number of carbonyl (C=O) groups is 1. The van der Waals surface area contributed by atoms with Crippen molar-refractivity contribution in [3.05, 3.63) is 52.5 Å². The van der Waals surface area contributed by atoms with Gasteiger partial charge in [0, 0.05) is 5.02 Å². The number of nitrogens with zero attached hydrogens (tertiary/aromatic N) is 3. The van der Waals surface area contributed by atoms with E-state index < -0.39 is 0 Å². The van der Waals surface area contributed by atoms with E-state index in [2.05, 4.69) is 15.5 Å². The van der Waals surface area contributed by atoms with Crippen LogP contribution < -0.4 is 5.32 Å². The maximum Gasteiger partial charge on any atom is 0.241 e. The molecule has 0 unspecified atom stereocenters. The van der Waals surface area contributed by atoms with Gasteiger partial charge >= 0.3 is 0 Å². The zero-order valence-electron chi connectivity index (χ0n) is 14.2. The van der Waals surface area contributed by atoms with E-state index in [0.717, 1.165) is 19.4 Å². The van der Waals surface area contributed by atoms with Crippen molar-refractivity contribution >= 4 is 34.8 Å². The fourth-order valence-electron chi connectivity index (χ4n) is 3.12. The van der Waals surface area contributed by atoms with Gasteiger partial charge in [0.1, 0.15) is 0 Å². The molecule has 1 atom stereocenters. The minimum absolute atomic E-state index is 0.123. The van der Waals surface area contributed by atoms with E-state index >= 15 is 0 Å². The number of halogens is 2. The topological polar surface area (TPSA) is 84.4 Å². The number of amides is 1. The van der Waals surface area contributed by atoms with Crippen LogP contribution in [0.5, 0.6) is 0 Å². The number of anilines is 1. The van der Waals surface area contributed by atoms with E-state index in [-0.39, 0.29) is 11.9 Å². The molecule has 0 radical (unpaired) electrons. The average Bonchev–Trinajstić information content (AvgIpc) is 3.38. The Morgan fingerprint density at radius 1 is 1.33 bits per heavy atom. The highest BCUT2D eigenvalue weighted by Crippen LogP contribution is 2.27. The molecule has 1 saturated heterocycles. The van der Waals surface area contributed by atoms with Gasteiger partial charge in [-0.05, 0) is 49.7 Å². The van der Waals surface area contributed by atoms with E-state index in [1.807, 2.05) is 4.90 Å². The van der Waals surface area contributed by atoms with Crippen molar-refractivity contribution in [1.82, 2.24) is 15.0 Å². The number of carbonyl (C=O) groups excluding carboxylic acids is 1. The molecule has 4 rings (SSSR count). The van der Waals surface area contributed by atoms with Crippen LogP contribution in [0.25, 0.3) is 11.6 Å². The van der Waals surface area contributed by atoms with Crippen molar-refractivity contribution < 1.29 is 13.7 Å². The second kappa shape index (κ2) is 7.72. The summed E-state index contributed by atoms with van der Waals surface area (Å²) in [5.74, 6) is 1.24. The normalized spacial score (nSPS) is 17.3. The van der Waals surface area contributed by atoms with Gasteiger partial charge in [-0.15, -0.1) is 0 Å². The number of rotatable bonds is 5. The van der Waals surface area contributed by atoms with Crippen LogP contribution >= 0.6 is 23.2 Å². The highest BCUT2D eigenvalue weighted by molar-refractivity contribution is 6.36. The molecule has 2 aromatic heterocycles. The Hall–Kier alpha value is -2.35. The van der Waals surface area contributed by atoms with Crippen molar-refractivity contribution in [2.75, 3.05) is 11.9 Å². The van der Waals surface area contributed by atoms with Gasteiger partial charge in [0.25, 0.3) is 0 Å². The lowest BCUT2D eigenvalue weighted by Gasteiger charge is -2.22. The van der Waals surface area contributed by atoms with Crippen LogP contribution in [0.3, 0.4) is 0 Å². The molecule has 0 bridgehead atoms. The number of hydrogen-bond acceptors (Lipinski definition) is 6. The molecule has 9 heteroatoms. The molecule has 1 aliphatic heterocycles. The summed E-state index contributed by atoms with van der Waals surface area (Å²) in [5, 5.41) is 7.71. The number of furan rings is 1. The summed E-state index contributed by atoms with van der Waals surface area (Å²) < 4.78 is 10.6. The van der Waals surface area contributed by atoms with Crippen LogP contribution in [-0.2, 0) is 11.3 Å². The molecule has 0 spiro atoms. The average molecular weight is 407 g/mol. The summed E-state index contributed by atoms with van der Waals surface area (Å²) >= 11 is 12.0. The summed E-state index contributed by atoms with van der Waals surface area (Å²) in [6, 6.07) is 8.19. The molecule has 0 saturated carbocycles. The summed E-state index contributed by atoms with van der Waals surface area (Å²) in [6.07, 6.45) is 3.20. The number of benzene rings is 1. The molecule has 1 N–H and O–H groups in total. The highest BCUT2D eigenvalue weighted by atomic mass is 35.5. The Labute approximate surface area is 165 Å². The van der Waals surface area contributed by atoms with Crippen molar-refractivity contribution in [3.8, 4) is 11.6 Å². The zero-order chi connectivity index (χ0) is 18.8. The Morgan fingerprint density at radius 2 is 2.22 bits per heavy atom. The molecule has 27 heavy (non-hydrogen) atoms. The van der Waals surface area contributed by atoms with Gasteiger partial charge in [0.05, 0.1) is 29.6 Å². The van der Waals surface area contributed by atoms with Gasteiger partial charge in [-0.1, -0.05) is 28.4 Å². The second-order valence-corrected chi connectivity index (χ2v) is 7.07. The number of hydrogen-bond donors (Lipinski definition) is 1. The summed E-state index contributed by atoms with van der Waals surface area (Å²) in [7, 11) is 0. The standard InChI is InChI=1S/C18H16Cl2N4O3/c19-11-5-6-13(12(20)9-11)21-18(25)14-3-1-7-24(14)10-16-22-17(23-27-16)15-4-2-8-26-15/h2,4-6,8-9,14H,1,3,7,10H2,(H,21,25)/t14-/m1/s1. The minimum Gasteiger partial charge on any atom is -0.461 e. The predicted molar refractivity (Wildman–Crippen MR) is 101 cm³/mol. The second-order valence-electron chi connectivity index (χ2n) is 6.23. The lowest BCUT2D eigenvalue weighted by atomic mass is 10.2. The van der Waals surface area contributed by atoms with Crippen LogP contribution in [-0.4, -0.2) is 33.5 Å². The first-order valence-corrected chi connectivity index (χ1v) is 9.22. The molecule has 1 amide bonds. The predicted octanol–water partition coefficient (Wildman–Crippen LogP) is 4.24. The van der Waals surface area contributed by atoms with Gasteiger partial charge in [0.15, 0.2) is 5.76 Å². The lowest BCUT2D eigenvalue weighted by Crippen LogP contribution is -2.39. The first kappa shape index (κ1) is 18.0. The molecular weight excluding hydrogens is 391 g/mol. The largest absolute Gasteiger partial charge is 0.461 e. The molecule has 3 aromatic rings. The third kappa shape index (κ3) is 4.00. The van der Waals surface area contributed by atoms with E-state index in [1.165, 1.54) is 0 Å². The van der Waals surface area contributed by atoms with Gasteiger partial charge in [-0.25, -0.2) is 0 Å². The van der Waals surface area contributed by atoms with Crippen LogP contribution in [0.2, 0.25) is 10.0 Å². The van der Waals surface area contributed by atoms with Crippen LogP contribution in [0.15, 0.2) is 45.5 Å². The van der Waals surface area contributed by atoms with Gasteiger partial charge in [-0.3, -0.25) is 9.69 Å². The third-order valence-corrected chi connectivity index (χ3v) is 4.95. The van der Waals surface area contributed by atoms with Crippen molar-refractivity contribution in [1.29, 1.82) is 0 Å². The summed E-state index contributed by atoms with van der Waals surface area (Å²) in [4.78, 5) is 19.1. The molecule has 3 heterocycles. The minimum atomic E-state index is -0.296. The number of aromatic nitrogens is 2. The molecule has 1 fully saturated rings. The van der Waals surface area contributed by atoms with Crippen molar-refractivity contribution in [2.45, 2.75) is 25.4 Å². The quantitative estimate of drug-likeness (QED) is 0.681. The highest BCUT2D eigenvalue weighted by Gasteiger charge is 2.32. The van der Waals surface area contributed by atoms with E-state index in [1.54, 1.807) is 36.6 Å². The lowest BCUT2D eigenvalue weighted by molar-refractivity contribution is -0.120. The van der Waals surface area contributed by atoms with Crippen molar-refractivity contribution in [3.63, 3.8) is 0 Å². The molecule has 140 valence electrons. The third-order valence-electron chi connectivity index (χ3n) is 4.40. The fraction of sp³-hybridized carbons (Fsp3) is 0.278. The SMILES string of the molecule is O=C(Nc1ccc(Cl)cc1Cl)[C@H]1CCCN1Cc1nc(-c2ccco2)no1. The fourth-order valence-corrected chi connectivity index (χ4v) is 3.57. The van der Waals surface area contributed by atoms with Gasteiger partial charge in [0.2, 0.25) is 17.6 Å². The molecule has 1 aliphatic rings. The Kier molecular flexibility index (Phi) is 5.15. The zero-order valence-corrected chi connectivity index (χ0v) is 15.7. The Morgan fingerprint density at radius 3 is 3.00 bits per heavy atom. The van der Waals surface area contributed by atoms with Crippen LogP contribution in [0.1, 0.15) is 18.7 Å². The number of nitrogens with one attached hydrogen (secondary N) is 1. The van der Waals surface area contributed by atoms with E-state index in [9.17, 15) is 4.79 Å². The van der Waals surface area contributed by atoms with Gasteiger partial charge in [-0.2, -0.15) is 4.98 Å². The summed E-state index contributed by atoms with van der Waals surface area (Å²) in [5.41, 5.74) is 0.538. The summed E-state index contributed by atoms with van der Waals surface area (Å²) in [6.45, 7) is 1.16. The molecule has 0 aliphatic carbocycles. The first-order chi connectivity index (χ1) is 13.1. The number of likely N-dealkylation sites (tertiary alicyclic amines) is 1. The Balaban J connectivity index is 1.43. The van der Waals surface area contributed by atoms with Gasteiger partial charge < -0.3 is 14.3 Å². The molecule has 7 nitrogen and oxygen atoms in total. The van der Waals surface area contributed by atoms with E-state index in [0.29, 0.717) is 39.8 Å². The molecular formula is C18H16Cl2N4O3. The molecule has 1 aromatic carbocycles. The maximum atomic E-state index is 12.7. The Bertz CT molecular complexity index is 942. The van der Waals surface area contributed by atoms with E-state index in [4.69, 9.17) is 32.1 Å². The maximum absolute atomic E-state index is 12.7. The first-order valence-electron chi connectivity index (χ1n) is 8.46. The monoisotopic (exact) mass is 406 g/mol.